The molecule has 2 heterocycles. The van der Waals surface area contributed by atoms with Crippen LogP contribution < -0.4 is 10.9 Å². The molecular weight excluding hydrogens is 374 g/mol. The van der Waals surface area contributed by atoms with Crippen molar-refractivity contribution in [3.63, 3.8) is 0 Å². The van der Waals surface area contributed by atoms with Crippen molar-refractivity contribution in [2.24, 2.45) is 0 Å². The van der Waals surface area contributed by atoms with E-state index in [9.17, 15) is 9.59 Å². The summed E-state index contributed by atoms with van der Waals surface area (Å²) in [6, 6.07) is 9.39. The van der Waals surface area contributed by atoms with E-state index in [4.69, 9.17) is 4.74 Å². The highest BCUT2D eigenvalue weighted by molar-refractivity contribution is 7.99. The van der Waals surface area contributed by atoms with Gasteiger partial charge in [-0.15, -0.1) is 6.58 Å². The summed E-state index contributed by atoms with van der Waals surface area (Å²) in [5, 5.41) is 3.60. The van der Waals surface area contributed by atoms with Gasteiger partial charge in [0.2, 0.25) is 0 Å². The standard InChI is InChI=1S/C21H21N3O3S/c1-4-11-27-20(26)15-13(3)22-18-17(16(15)14-9-7-6-8-10-14)19(25)24-21(23-18)28-12-5-2/h4-10,16H,1-2,11-12H2,3H3,(H2,22,23,24,25). The van der Waals surface area contributed by atoms with E-state index in [0.717, 1.165) is 5.56 Å². The van der Waals surface area contributed by atoms with Gasteiger partial charge in [0.05, 0.1) is 17.1 Å². The number of thioether (sulfide) groups is 1. The Morgan fingerprint density at radius 2 is 2.04 bits per heavy atom. The number of nitrogens with zero attached hydrogens (tertiary/aromatic N) is 1. The lowest BCUT2D eigenvalue weighted by atomic mass is 9.82. The van der Waals surface area contributed by atoms with E-state index in [2.05, 4.69) is 28.4 Å². The number of H-pyrrole nitrogens is 1. The van der Waals surface area contributed by atoms with E-state index in [1.165, 1.54) is 17.8 Å². The van der Waals surface area contributed by atoms with Crippen LogP contribution in [0.5, 0.6) is 0 Å². The summed E-state index contributed by atoms with van der Waals surface area (Å²) in [4.78, 5) is 33.1. The highest BCUT2D eigenvalue weighted by Gasteiger charge is 2.36. The number of fused-ring (bicyclic) bond motifs is 1. The number of anilines is 1. The van der Waals surface area contributed by atoms with E-state index in [1.54, 1.807) is 13.0 Å². The van der Waals surface area contributed by atoms with Gasteiger partial charge in [0.1, 0.15) is 12.4 Å². The van der Waals surface area contributed by atoms with Gasteiger partial charge in [-0.2, -0.15) is 0 Å². The lowest BCUT2D eigenvalue weighted by Crippen LogP contribution is -2.31. The lowest BCUT2D eigenvalue weighted by Gasteiger charge is -2.28. The Kier molecular flexibility index (Phi) is 6.16. The molecular formula is C21H21N3O3S. The predicted molar refractivity (Wildman–Crippen MR) is 112 cm³/mol. The van der Waals surface area contributed by atoms with Crippen LogP contribution in [0.2, 0.25) is 0 Å². The van der Waals surface area contributed by atoms with Crippen molar-refractivity contribution in [1.29, 1.82) is 0 Å². The highest BCUT2D eigenvalue weighted by Crippen LogP contribution is 2.39. The molecule has 0 saturated carbocycles. The molecule has 3 rings (SSSR count). The molecule has 0 bridgehead atoms. The van der Waals surface area contributed by atoms with Crippen LogP contribution in [0.3, 0.4) is 0 Å². The number of allylic oxidation sites excluding steroid dienone is 1. The van der Waals surface area contributed by atoms with Crippen molar-refractivity contribution < 1.29 is 9.53 Å². The van der Waals surface area contributed by atoms with Gasteiger partial charge in [0, 0.05) is 11.4 Å². The number of aromatic amines is 1. The lowest BCUT2D eigenvalue weighted by molar-refractivity contribution is -0.138. The number of esters is 1. The Labute approximate surface area is 167 Å². The van der Waals surface area contributed by atoms with E-state index < -0.39 is 11.9 Å². The molecule has 6 nitrogen and oxygen atoms in total. The summed E-state index contributed by atoms with van der Waals surface area (Å²) in [7, 11) is 0. The first-order valence-corrected chi connectivity index (χ1v) is 9.74. The van der Waals surface area contributed by atoms with Crippen LogP contribution >= 0.6 is 11.8 Å². The highest BCUT2D eigenvalue weighted by atomic mass is 32.2. The third-order valence-electron chi connectivity index (χ3n) is 4.24. The Morgan fingerprint density at radius 1 is 1.29 bits per heavy atom. The fraction of sp³-hybridized carbons (Fsp3) is 0.190. The van der Waals surface area contributed by atoms with Crippen molar-refractivity contribution in [2.75, 3.05) is 17.7 Å². The molecule has 0 fully saturated rings. The molecule has 2 N–H and O–H groups in total. The number of ether oxygens (including phenoxy) is 1. The Bertz CT molecular complexity index is 996. The van der Waals surface area contributed by atoms with E-state index >= 15 is 0 Å². The smallest absolute Gasteiger partial charge is 0.337 e. The van der Waals surface area contributed by atoms with Crippen molar-refractivity contribution >= 4 is 23.5 Å². The molecule has 1 aromatic carbocycles. The molecule has 28 heavy (non-hydrogen) atoms. The third kappa shape index (κ3) is 3.94. The second-order valence-corrected chi connectivity index (χ2v) is 7.14. The van der Waals surface area contributed by atoms with E-state index in [0.29, 0.717) is 33.6 Å². The Balaban J connectivity index is 2.15. The van der Waals surface area contributed by atoms with Crippen molar-refractivity contribution in [2.45, 2.75) is 18.0 Å². The number of carbonyl (C=O) groups is 1. The first-order valence-electron chi connectivity index (χ1n) is 8.75. The summed E-state index contributed by atoms with van der Waals surface area (Å²) in [5.74, 6) is -0.00190. The second kappa shape index (κ2) is 8.75. The van der Waals surface area contributed by atoms with Crippen LogP contribution in [-0.4, -0.2) is 28.3 Å². The molecule has 0 spiro atoms. The summed E-state index contributed by atoms with van der Waals surface area (Å²) in [6.45, 7) is 9.13. The molecule has 144 valence electrons. The second-order valence-electron chi connectivity index (χ2n) is 6.13. The molecule has 1 aromatic heterocycles. The van der Waals surface area contributed by atoms with Crippen LogP contribution in [0.1, 0.15) is 24.0 Å². The average Bonchev–Trinajstić information content (AvgIpc) is 2.70. The number of benzene rings is 1. The zero-order valence-corrected chi connectivity index (χ0v) is 16.3. The largest absolute Gasteiger partial charge is 0.458 e. The number of hydrogen-bond acceptors (Lipinski definition) is 6. The number of nitrogens with one attached hydrogen (secondary N) is 2. The van der Waals surface area contributed by atoms with Crippen LogP contribution in [0, 0.1) is 0 Å². The topological polar surface area (TPSA) is 84.1 Å². The summed E-state index contributed by atoms with van der Waals surface area (Å²) in [5.41, 5.74) is 1.91. The summed E-state index contributed by atoms with van der Waals surface area (Å²) < 4.78 is 5.28. The van der Waals surface area contributed by atoms with Crippen LogP contribution in [0.25, 0.3) is 0 Å². The monoisotopic (exact) mass is 395 g/mol. The quantitative estimate of drug-likeness (QED) is 0.322. The molecule has 7 heteroatoms. The van der Waals surface area contributed by atoms with Crippen molar-refractivity contribution in [3.8, 4) is 0 Å². The minimum absolute atomic E-state index is 0.0930. The Morgan fingerprint density at radius 3 is 2.71 bits per heavy atom. The third-order valence-corrected chi connectivity index (χ3v) is 5.11. The number of aromatic nitrogens is 2. The maximum atomic E-state index is 13.0. The molecule has 1 atom stereocenters. The van der Waals surface area contributed by atoms with Gasteiger partial charge in [-0.25, -0.2) is 9.78 Å². The van der Waals surface area contributed by atoms with E-state index in [-0.39, 0.29) is 12.2 Å². The molecule has 0 aliphatic carbocycles. The van der Waals surface area contributed by atoms with Crippen molar-refractivity contribution in [1.82, 2.24) is 9.97 Å². The molecule has 0 radical (unpaired) electrons. The van der Waals surface area contributed by atoms with Gasteiger partial charge in [0.15, 0.2) is 5.16 Å². The zero-order chi connectivity index (χ0) is 20.1. The van der Waals surface area contributed by atoms with Crippen LogP contribution in [0.4, 0.5) is 5.82 Å². The van der Waals surface area contributed by atoms with Gasteiger partial charge in [-0.1, -0.05) is 60.8 Å². The first kappa shape index (κ1) is 19.7. The zero-order valence-electron chi connectivity index (χ0n) is 15.5. The van der Waals surface area contributed by atoms with Crippen LogP contribution in [0.15, 0.2) is 76.9 Å². The molecule has 1 aliphatic rings. The van der Waals surface area contributed by atoms with Crippen LogP contribution in [-0.2, 0) is 9.53 Å². The Hall–Kier alpha value is -3.06. The van der Waals surface area contributed by atoms with Gasteiger partial charge in [-0.05, 0) is 12.5 Å². The molecule has 2 aromatic rings. The number of carbonyl (C=O) groups excluding carboxylic acids is 1. The fourth-order valence-electron chi connectivity index (χ4n) is 3.10. The summed E-state index contributed by atoms with van der Waals surface area (Å²) in [6.07, 6.45) is 3.25. The predicted octanol–water partition coefficient (Wildman–Crippen LogP) is 3.61. The average molecular weight is 395 g/mol. The minimum atomic E-state index is -0.579. The number of rotatable bonds is 7. The fourth-order valence-corrected chi connectivity index (χ4v) is 3.70. The van der Waals surface area contributed by atoms with Gasteiger partial charge >= 0.3 is 5.97 Å². The molecule has 1 unspecified atom stereocenters. The maximum absolute atomic E-state index is 13.0. The number of hydrogen-bond donors (Lipinski definition) is 2. The first-order chi connectivity index (χ1) is 13.6. The molecule has 1 aliphatic heterocycles. The van der Waals surface area contributed by atoms with Gasteiger partial charge in [0.25, 0.3) is 5.56 Å². The SMILES string of the molecule is C=CCOC(=O)C1=C(C)Nc2nc(SCC=C)[nH]c(=O)c2C1c1ccccc1. The van der Waals surface area contributed by atoms with E-state index in [1.807, 2.05) is 30.3 Å². The maximum Gasteiger partial charge on any atom is 0.337 e. The molecule has 0 amide bonds. The van der Waals surface area contributed by atoms with Crippen molar-refractivity contribution in [3.05, 3.63) is 88.4 Å². The van der Waals surface area contributed by atoms with Gasteiger partial charge < -0.3 is 15.0 Å². The normalized spacial score (nSPS) is 15.4. The van der Waals surface area contributed by atoms with Gasteiger partial charge in [-0.3, -0.25) is 4.79 Å². The minimum Gasteiger partial charge on any atom is -0.458 e. The molecule has 0 saturated heterocycles. The summed E-state index contributed by atoms with van der Waals surface area (Å²) >= 11 is 1.38.